The molecular formula is C20H20N4O2. The van der Waals surface area contributed by atoms with E-state index in [1.807, 2.05) is 42.2 Å². The molecule has 0 unspecified atom stereocenters. The summed E-state index contributed by atoms with van der Waals surface area (Å²) in [5, 5.41) is 1.94. The van der Waals surface area contributed by atoms with Gasteiger partial charge in [0.15, 0.2) is 0 Å². The number of nitrogens with two attached hydrogens (primary N) is 1. The van der Waals surface area contributed by atoms with Crippen LogP contribution in [-0.4, -0.2) is 33.9 Å². The number of hydrogen-bond donors (Lipinski definition) is 1. The Morgan fingerprint density at radius 1 is 1.31 bits per heavy atom. The Hall–Kier alpha value is -3.15. The first-order chi connectivity index (χ1) is 12.7. The number of carbonyl (C=O) groups is 1. The number of hydrogen-bond acceptors (Lipinski definition) is 5. The smallest absolute Gasteiger partial charge is 0.222 e. The summed E-state index contributed by atoms with van der Waals surface area (Å²) in [4.78, 5) is 22.7. The lowest BCUT2D eigenvalue weighted by molar-refractivity contribution is -0.131. The maximum atomic E-state index is 12.1. The normalized spacial score (nSPS) is 13.8. The summed E-state index contributed by atoms with van der Waals surface area (Å²) >= 11 is 0. The Bertz CT molecular complexity index is 987. The number of benzene rings is 1. The van der Waals surface area contributed by atoms with Crippen LogP contribution in [0.2, 0.25) is 0 Å². The molecule has 4 rings (SSSR count). The van der Waals surface area contributed by atoms with Gasteiger partial charge in [-0.3, -0.25) is 9.78 Å². The zero-order valence-electron chi connectivity index (χ0n) is 14.6. The van der Waals surface area contributed by atoms with Gasteiger partial charge in [0.25, 0.3) is 0 Å². The Balaban J connectivity index is 1.81. The van der Waals surface area contributed by atoms with Crippen molar-refractivity contribution in [3.63, 3.8) is 0 Å². The number of pyridine rings is 2. The third-order valence-corrected chi connectivity index (χ3v) is 4.62. The van der Waals surface area contributed by atoms with E-state index in [1.165, 1.54) is 0 Å². The van der Waals surface area contributed by atoms with Crippen LogP contribution in [0.5, 0.6) is 5.75 Å². The molecule has 2 aromatic heterocycles. The summed E-state index contributed by atoms with van der Waals surface area (Å²) < 4.78 is 5.83. The van der Waals surface area contributed by atoms with Gasteiger partial charge in [-0.2, -0.15) is 0 Å². The van der Waals surface area contributed by atoms with Gasteiger partial charge in [0, 0.05) is 47.3 Å². The summed E-state index contributed by atoms with van der Waals surface area (Å²) in [5.74, 6) is 1.40. The molecule has 0 fully saturated rings. The van der Waals surface area contributed by atoms with Gasteiger partial charge >= 0.3 is 0 Å². The molecule has 0 saturated carbocycles. The van der Waals surface area contributed by atoms with Gasteiger partial charge in [-0.05, 0) is 30.3 Å². The molecule has 6 nitrogen and oxygen atoms in total. The van der Waals surface area contributed by atoms with Gasteiger partial charge < -0.3 is 15.4 Å². The second-order valence-corrected chi connectivity index (χ2v) is 6.33. The number of carbonyl (C=O) groups excluding carboxylic acids is 1. The molecule has 0 atom stereocenters. The Morgan fingerprint density at radius 3 is 3.04 bits per heavy atom. The van der Waals surface area contributed by atoms with Crippen molar-refractivity contribution in [3.8, 4) is 17.0 Å². The fourth-order valence-electron chi connectivity index (χ4n) is 3.32. The van der Waals surface area contributed by atoms with E-state index in [1.54, 1.807) is 12.4 Å². The van der Waals surface area contributed by atoms with E-state index in [0.29, 0.717) is 31.9 Å². The number of anilines is 1. The van der Waals surface area contributed by atoms with Crippen molar-refractivity contribution in [1.82, 2.24) is 14.9 Å². The summed E-state index contributed by atoms with van der Waals surface area (Å²) in [5.41, 5.74) is 8.72. The van der Waals surface area contributed by atoms with Crippen molar-refractivity contribution in [2.75, 3.05) is 18.9 Å². The first-order valence-electron chi connectivity index (χ1n) is 8.70. The van der Waals surface area contributed by atoms with E-state index in [-0.39, 0.29) is 5.91 Å². The number of aromatic nitrogens is 2. The van der Waals surface area contributed by atoms with Gasteiger partial charge in [0.05, 0.1) is 12.2 Å². The Kier molecular flexibility index (Phi) is 4.16. The molecule has 0 spiro atoms. The summed E-state index contributed by atoms with van der Waals surface area (Å²) in [6.07, 6.45) is 4.02. The molecule has 2 N–H and O–H groups in total. The van der Waals surface area contributed by atoms with Crippen molar-refractivity contribution in [1.29, 1.82) is 0 Å². The van der Waals surface area contributed by atoms with Crippen LogP contribution < -0.4 is 10.5 Å². The fourth-order valence-corrected chi connectivity index (χ4v) is 3.32. The van der Waals surface area contributed by atoms with E-state index < -0.39 is 0 Å². The minimum Gasteiger partial charge on any atom is -0.491 e. The molecule has 1 aliphatic rings. The molecular weight excluding hydrogens is 328 g/mol. The Labute approximate surface area is 151 Å². The average molecular weight is 348 g/mol. The zero-order valence-corrected chi connectivity index (χ0v) is 14.6. The summed E-state index contributed by atoms with van der Waals surface area (Å²) in [7, 11) is 0. The van der Waals surface area contributed by atoms with Crippen molar-refractivity contribution in [3.05, 3.63) is 48.3 Å². The number of ether oxygens (including phenoxy) is 1. The van der Waals surface area contributed by atoms with Gasteiger partial charge in [0.2, 0.25) is 5.91 Å². The fraction of sp³-hybridized carbons (Fsp3) is 0.250. The third kappa shape index (κ3) is 2.94. The number of amides is 1. The Morgan fingerprint density at radius 2 is 2.19 bits per heavy atom. The topological polar surface area (TPSA) is 81.3 Å². The predicted octanol–water partition coefficient (Wildman–Crippen LogP) is 3.01. The molecule has 1 amide bonds. The van der Waals surface area contributed by atoms with Gasteiger partial charge in [0.1, 0.15) is 18.2 Å². The molecule has 0 radical (unpaired) electrons. The van der Waals surface area contributed by atoms with Crippen LogP contribution in [0.15, 0.2) is 42.7 Å². The molecule has 132 valence electrons. The van der Waals surface area contributed by atoms with Crippen molar-refractivity contribution < 1.29 is 9.53 Å². The van der Waals surface area contributed by atoms with E-state index in [0.717, 1.165) is 33.3 Å². The van der Waals surface area contributed by atoms with E-state index in [4.69, 9.17) is 10.5 Å². The number of fused-ring (bicyclic) bond motifs is 2. The largest absolute Gasteiger partial charge is 0.491 e. The van der Waals surface area contributed by atoms with E-state index in [9.17, 15) is 4.79 Å². The quantitative estimate of drug-likeness (QED) is 0.770. The SMILES string of the molecule is CCC(=O)N1CCOc2ccc(-c3nc(N)cc4cnccc34)cc2C1. The van der Waals surface area contributed by atoms with Crippen LogP contribution in [-0.2, 0) is 11.3 Å². The molecule has 6 heteroatoms. The van der Waals surface area contributed by atoms with Crippen LogP contribution in [0.25, 0.3) is 22.0 Å². The summed E-state index contributed by atoms with van der Waals surface area (Å²) in [6.45, 7) is 3.52. The molecule has 0 bridgehead atoms. The van der Waals surface area contributed by atoms with E-state index in [2.05, 4.69) is 9.97 Å². The first-order valence-corrected chi connectivity index (χ1v) is 8.70. The van der Waals surface area contributed by atoms with E-state index >= 15 is 0 Å². The molecule has 26 heavy (non-hydrogen) atoms. The van der Waals surface area contributed by atoms with Gasteiger partial charge in [-0.25, -0.2) is 4.98 Å². The van der Waals surface area contributed by atoms with Gasteiger partial charge in [-0.15, -0.1) is 0 Å². The molecule has 3 aromatic rings. The highest BCUT2D eigenvalue weighted by Crippen LogP contribution is 2.32. The highest BCUT2D eigenvalue weighted by Gasteiger charge is 2.20. The van der Waals surface area contributed by atoms with Crippen LogP contribution in [0.4, 0.5) is 5.82 Å². The predicted molar refractivity (Wildman–Crippen MR) is 101 cm³/mol. The lowest BCUT2D eigenvalue weighted by atomic mass is 10.0. The van der Waals surface area contributed by atoms with Crippen LogP contribution in [0.1, 0.15) is 18.9 Å². The second-order valence-electron chi connectivity index (χ2n) is 6.33. The van der Waals surface area contributed by atoms with Crippen LogP contribution >= 0.6 is 0 Å². The number of nitrogen functional groups attached to an aromatic ring is 1. The van der Waals surface area contributed by atoms with Crippen LogP contribution in [0.3, 0.4) is 0 Å². The molecule has 1 aliphatic heterocycles. The molecule has 1 aromatic carbocycles. The van der Waals surface area contributed by atoms with Crippen LogP contribution in [0, 0.1) is 0 Å². The first kappa shape index (κ1) is 16.3. The highest BCUT2D eigenvalue weighted by atomic mass is 16.5. The lowest BCUT2D eigenvalue weighted by Gasteiger charge is -2.19. The van der Waals surface area contributed by atoms with Crippen molar-refractivity contribution in [2.45, 2.75) is 19.9 Å². The highest BCUT2D eigenvalue weighted by molar-refractivity contribution is 5.95. The number of nitrogens with zero attached hydrogens (tertiary/aromatic N) is 3. The van der Waals surface area contributed by atoms with Gasteiger partial charge in [-0.1, -0.05) is 6.92 Å². The number of rotatable bonds is 2. The molecule has 0 saturated heterocycles. The molecule has 0 aliphatic carbocycles. The standard InChI is InChI=1S/C20H20N4O2/c1-2-19(25)24-7-8-26-17-4-3-13(9-15(17)12-24)20-16-5-6-22-11-14(16)10-18(21)23-20/h3-6,9-11H,2,7-8,12H2,1H3,(H2,21,23). The lowest BCUT2D eigenvalue weighted by Crippen LogP contribution is -2.31. The summed E-state index contributed by atoms with van der Waals surface area (Å²) in [6, 6.07) is 9.73. The maximum Gasteiger partial charge on any atom is 0.222 e. The third-order valence-electron chi connectivity index (χ3n) is 4.62. The average Bonchev–Trinajstić information content (AvgIpc) is 2.88. The maximum absolute atomic E-state index is 12.1. The minimum atomic E-state index is 0.130. The van der Waals surface area contributed by atoms with Crippen molar-refractivity contribution in [2.24, 2.45) is 0 Å². The monoisotopic (exact) mass is 348 g/mol. The molecule has 3 heterocycles. The van der Waals surface area contributed by atoms with Crippen molar-refractivity contribution >= 4 is 22.5 Å². The second kappa shape index (κ2) is 6.63. The minimum absolute atomic E-state index is 0.130. The zero-order chi connectivity index (χ0) is 18.1.